The van der Waals surface area contributed by atoms with Crippen molar-refractivity contribution in [3.05, 3.63) is 12.5 Å². The maximum atomic E-state index is 5.58. The van der Waals surface area contributed by atoms with Crippen molar-refractivity contribution in [1.82, 2.24) is 19.7 Å². The zero-order valence-corrected chi connectivity index (χ0v) is 10.4. The molecular weight excluding hydrogens is 228 g/mol. The van der Waals surface area contributed by atoms with Crippen LogP contribution in [0.4, 0.5) is 5.82 Å². The summed E-state index contributed by atoms with van der Waals surface area (Å²) in [5.41, 5.74) is 6.46. The van der Waals surface area contributed by atoms with E-state index in [-0.39, 0.29) is 0 Å². The first-order valence-electron chi connectivity index (χ1n) is 6.51. The topological polar surface area (TPSA) is 72.9 Å². The first-order chi connectivity index (χ1) is 8.90. The van der Waals surface area contributed by atoms with Gasteiger partial charge in [-0.3, -0.25) is 0 Å². The van der Waals surface area contributed by atoms with Crippen molar-refractivity contribution in [3.63, 3.8) is 0 Å². The van der Waals surface area contributed by atoms with Crippen LogP contribution in [0.15, 0.2) is 12.5 Å². The Morgan fingerprint density at radius 2 is 2.00 bits per heavy atom. The average Bonchev–Trinajstić information content (AvgIpc) is 2.84. The van der Waals surface area contributed by atoms with E-state index in [1.807, 2.05) is 10.9 Å². The third kappa shape index (κ3) is 1.92. The third-order valence-electron chi connectivity index (χ3n) is 3.41. The fourth-order valence-corrected chi connectivity index (χ4v) is 2.52. The average molecular weight is 246 g/mol. The number of piperidine rings is 1. The van der Waals surface area contributed by atoms with Crippen LogP contribution in [0, 0.1) is 0 Å². The minimum atomic E-state index is 0.569. The Labute approximate surface area is 106 Å². The molecule has 0 radical (unpaired) electrons. The lowest BCUT2D eigenvalue weighted by Gasteiger charge is -2.27. The van der Waals surface area contributed by atoms with E-state index in [0.717, 1.165) is 29.9 Å². The molecule has 0 atom stereocenters. The number of rotatable bonds is 3. The predicted molar refractivity (Wildman–Crippen MR) is 70.4 cm³/mol. The van der Waals surface area contributed by atoms with Crippen molar-refractivity contribution >= 4 is 16.9 Å². The van der Waals surface area contributed by atoms with Gasteiger partial charge in [0.05, 0.1) is 18.1 Å². The number of anilines is 1. The van der Waals surface area contributed by atoms with Crippen LogP contribution >= 0.6 is 0 Å². The molecule has 2 aromatic heterocycles. The van der Waals surface area contributed by atoms with Crippen LogP contribution in [0.3, 0.4) is 0 Å². The summed E-state index contributed by atoms with van der Waals surface area (Å²) >= 11 is 0. The van der Waals surface area contributed by atoms with Crippen molar-refractivity contribution in [3.8, 4) is 0 Å². The van der Waals surface area contributed by atoms with Crippen molar-refractivity contribution in [2.24, 2.45) is 5.73 Å². The predicted octanol–water partition coefficient (Wildman–Crippen LogP) is 0.775. The molecule has 6 heteroatoms. The van der Waals surface area contributed by atoms with E-state index in [9.17, 15) is 0 Å². The lowest BCUT2D eigenvalue weighted by atomic mass is 10.1. The van der Waals surface area contributed by atoms with E-state index in [2.05, 4.69) is 20.0 Å². The Kier molecular flexibility index (Phi) is 3.10. The van der Waals surface area contributed by atoms with Gasteiger partial charge >= 0.3 is 0 Å². The van der Waals surface area contributed by atoms with E-state index in [4.69, 9.17) is 5.73 Å². The van der Waals surface area contributed by atoms with Crippen LogP contribution in [-0.4, -0.2) is 39.4 Å². The molecule has 1 fully saturated rings. The highest BCUT2D eigenvalue weighted by Crippen LogP contribution is 2.25. The monoisotopic (exact) mass is 246 g/mol. The second-order valence-corrected chi connectivity index (χ2v) is 4.64. The summed E-state index contributed by atoms with van der Waals surface area (Å²) in [7, 11) is 0. The van der Waals surface area contributed by atoms with Crippen LogP contribution < -0.4 is 10.6 Å². The number of hydrogen-bond acceptors (Lipinski definition) is 5. The number of aromatic nitrogens is 4. The summed E-state index contributed by atoms with van der Waals surface area (Å²) in [6.45, 7) is 3.42. The largest absolute Gasteiger partial charge is 0.356 e. The van der Waals surface area contributed by atoms with Crippen molar-refractivity contribution in [2.45, 2.75) is 25.8 Å². The van der Waals surface area contributed by atoms with Gasteiger partial charge in [0.1, 0.15) is 12.1 Å². The second-order valence-electron chi connectivity index (χ2n) is 4.64. The standard InChI is InChI=1S/C12H18N6/c13-4-7-18-12-10(8-16-18)11(14-9-15-12)17-5-2-1-3-6-17/h8-9H,1-7,13H2. The number of nitrogens with two attached hydrogens (primary N) is 1. The molecule has 0 bridgehead atoms. The third-order valence-corrected chi connectivity index (χ3v) is 3.41. The highest BCUT2D eigenvalue weighted by atomic mass is 15.3. The first-order valence-corrected chi connectivity index (χ1v) is 6.51. The molecule has 2 N–H and O–H groups in total. The smallest absolute Gasteiger partial charge is 0.163 e. The summed E-state index contributed by atoms with van der Waals surface area (Å²) < 4.78 is 1.85. The molecule has 0 aliphatic carbocycles. The van der Waals surface area contributed by atoms with Crippen molar-refractivity contribution in [2.75, 3.05) is 24.5 Å². The molecule has 0 spiro atoms. The van der Waals surface area contributed by atoms with Gasteiger partial charge in [0.2, 0.25) is 0 Å². The minimum absolute atomic E-state index is 0.569. The maximum absolute atomic E-state index is 5.58. The van der Waals surface area contributed by atoms with Crippen LogP contribution in [0.1, 0.15) is 19.3 Å². The molecule has 0 unspecified atom stereocenters. The molecule has 1 aliphatic rings. The Bertz CT molecular complexity index is 528. The molecule has 1 saturated heterocycles. The number of nitrogens with zero attached hydrogens (tertiary/aromatic N) is 5. The summed E-state index contributed by atoms with van der Waals surface area (Å²) in [5.74, 6) is 1.02. The number of hydrogen-bond donors (Lipinski definition) is 1. The Morgan fingerprint density at radius 3 is 2.78 bits per heavy atom. The first kappa shape index (κ1) is 11.4. The SMILES string of the molecule is NCCn1ncc2c(N3CCCCC3)ncnc21. The highest BCUT2D eigenvalue weighted by Gasteiger charge is 2.17. The second kappa shape index (κ2) is 4.89. The van der Waals surface area contributed by atoms with Gasteiger partial charge in [-0.2, -0.15) is 5.10 Å². The minimum Gasteiger partial charge on any atom is -0.356 e. The zero-order valence-electron chi connectivity index (χ0n) is 10.4. The molecular formula is C12H18N6. The Hall–Kier alpha value is -1.69. The lowest BCUT2D eigenvalue weighted by Crippen LogP contribution is -2.30. The van der Waals surface area contributed by atoms with Crippen molar-refractivity contribution in [1.29, 1.82) is 0 Å². The quantitative estimate of drug-likeness (QED) is 0.866. The molecule has 0 aromatic carbocycles. The molecule has 18 heavy (non-hydrogen) atoms. The van der Waals surface area contributed by atoms with Gasteiger partial charge in [-0.05, 0) is 19.3 Å². The van der Waals surface area contributed by atoms with Crippen LogP contribution in [-0.2, 0) is 6.54 Å². The molecule has 0 amide bonds. The maximum Gasteiger partial charge on any atom is 0.163 e. The molecule has 2 aromatic rings. The van der Waals surface area contributed by atoms with Crippen LogP contribution in [0.25, 0.3) is 11.0 Å². The summed E-state index contributed by atoms with van der Waals surface area (Å²) in [4.78, 5) is 11.1. The molecule has 1 aliphatic heterocycles. The van der Waals surface area contributed by atoms with E-state index in [0.29, 0.717) is 13.1 Å². The van der Waals surface area contributed by atoms with Crippen LogP contribution in [0.5, 0.6) is 0 Å². The van der Waals surface area contributed by atoms with E-state index in [1.54, 1.807) is 6.33 Å². The molecule has 3 rings (SSSR count). The summed E-state index contributed by atoms with van der Waals surface area (Å²) in [6.07, 6.45) is 7.28. The van der Waals surface area contributed by atoms with Gasteiger partial charge in [-0.1, -0.05) is 0 Å². The molecule has 0 saturated carbocycles. The molecule has 96 valence electrons. The fourth-order valence-electron chi connectivity index (χ4n) is 2.52. The molecule has 3 heterocycles. The van der Waals surface area contributed by atoms with Crippen molar-refractivity contribution < 1.29 is 0 Å². The van der Waals surface area contributed by atoms with Gasteiger partial charge in [-0.25, -0.2) is 14.6 Å². The lowest BCUT2D eigenvalue weighted by molar-refractivity contribution is 0.574. The zero-order chi connectivity index (χ0) is 12.4. The molecule has 6 nitrogen and oxygen atoms in total. The normalized spacial score (nSPS) is 16.4. The Balaban J connectivity index is 2.01. The van der Waals surface area contributed by atoms with Gasteiger partial charge in [0, 0.05) is 19.6 Å². The fraction of sp³-hybridized carbons (Fsp3) is 0.583. The van der Waals surface area contributed by atoms with Crippen LogP contribution in [0.2, 0.25) is 0 Å². The van der Waals surface area contributed by atoms with E-state index < -0.39 is 0 Å². The van der Waals surface area contributed by atoms with Gasteiger partial charge in [-0.15, -0.1) is 0 Å². The number of fused-ring (bicyclic) bond motifs is 1. The highest BCUT2D eigenvalue weighted by molar-refractivity contribution is 5.86. The van der Waals surface area contributed by atoms with Gasteiger partial charge < -0.3 is 10.6 Å². The van der Waals surface area contributed by atoms with Gasteiger partial charge in [0.25, 0.3) is 0 Å². The summed E-state index contributed by atoms with van der Waals surface area (Å²) in [6, 6.07) is 0. The van der Waals surface area contributed by atoms with Gasteiger partial charge in [0.15, 0.2) is 5.65 Å². The van der Waals surface area contributed by atoms with E-state index in [1.165, 1.54) is 19.3 Å². The van der Waals surface area contributed by atoms with E-state index >= 15 is 0 Å². The summed E-state index contributed by atoms with van der Waals surface area (Å²) in [5, 5.41) is 5.38. The Morgan fingerprint density at radius 1 is 1.17 bits per heavy atom.